The van der Waals surface area contributed by atoms with E-state index >= 15 is 0 Å². The molecule has 4 N–H and O–H groups in total. The van der Waals surface area contributed by atoms with Crippen molar-refractivity contribution in [1.29, 1.82) is 0 Å². The third-order valence-corrected chi connectivity index (χ3v) is 3.45. The lowest BCUT2D eigenvalue weighted by Gasteiger charge is -2.36. The number of rotatable bonds is 3. The zero-order valence-electron chi connectivity index (χ0n) is 9.91. The van der Waals surface area contributed by atoms with Crippen LogP contribution in [0, 0.1) is 0 Å². The van der Waals surface area contributed by atoms with Crippen molar-refractivity contribution in [3.8, 4) is 0 Å². The summed E-state index contributed by atoms with van der Waals surface area (Å²) in [6.07, 6.45) is -8.22. The highest BCUT2D eigenvalue weighted by Crippen LogP contribution is 2.29. The first-order valence-electron chi connectivity index (χ1n) is 5.59. The molecular weight excluding hydrogens is 303 g/mol. The molecule has 0 aliphatic carbocycles. The molecule has 1 aliphatic heterocycles. The molecule has 4 atom stereocenters. The number of anilines is 1. The molecular formula is C9H12F3N3O4S. The lowest BCUT2D eigenvalue weighted by Crippen LogP contribution is -2.56. The summed E-state index contributed by atoms with van der Waals surface area (Å²) in [4.78, 5) is 3.25. The normalized spacial score (nSPS) is 31.3. The second-order valence-electron chi connectivity index (χ2n) is 4.21. The molecule has 0 amide bonds. The molecule has 2 rings (SSSR count). The highest BCUT2D eigenvalue weighted by molar-refractivity contribution is 7.09. The zero-order valence-corrected chi connectivity index (χ0v) is 10.7. The molecule has 7 nitrogen and oxygen atoms in total. The Hall–Kier alpha value is -1.01. The Bertz CT molecular complexity index is 458. The maximum Gasteiger partial charge on any atom is 0.452 e. The molecule has 0 bridgehead atoms. The summed E-state index contributed by atoms with van der Waals surface area (Å²) < 4.78 is 45.2. The van der Waals surface area contributed by atoms with E-state index in [2.05, 4.69) is 14.7 Å². The van der Waals surface area contributed by atoms with Gasteiger partial charge in [-0.05, 0) is 0 Å². The molecule has 1 aromatic heterocycles. The number of hydrogen-bond donors (Lipinski definition) is 4. The first kappa shape index (κ1) is 15.4. The van der Waals surface area contributed by atoms with Crippen LogP contribution in [0.4, 0.5) is 18.3 Å². The quantitative estimate of drug-likeness (QED) is 0.593. The van der Waals surface area contributed by atoms with Crippen molar-refractivity contribution in [2.75, 3.05) is 18.5 Å². The van der Waals surface area contributed by atoms with Gasteiger partial charge in [0.2, 0.25) is 11.0 Å². The number of aromatic nitrogens is 2. The Balaban J connectivity index is 2.02. The first-order valence-corrected chi connectivity index (χ1v) is 6.36. The van der Waals surface area contributed by atoms with E-state index in [-0.39, 0.29) is 11.7 Å². The Kier molecular flexibility index (Phi) is 4.44. The van der Waals surface area contributed by atoms with Crippen molar-refractivity contribution in [3.63, 3.8) is 0 Å². The highest BCUT2D eigenvalue weighted by atomic mass is 32.1. The molecule has 1 aliphatic rings. The Morgan fingerprint density at radius 3 is 2.60 bits per heavy atom. The van der Waals surface area contributed by atoms with Gasteiger partial charge in [0.1, 0.15) is 18.3 Å². The van der Waals surface area contributed by atoms with E-state index in [1.54, 1.807) is 0 Å². The van der Waals surface area contributed by atoms with Crippen molar-refractivity contribution in [3.05, 3.63) is 5.82 Å². The minimum atomic E-state index is -4.64. The number of aliphatic hydroxyl groups excluding tert-OH is 3. The molecule has 1 fully saturated rings. The second-order valence-corrected chi connectivity index (χ2v) is 4.96. The predicted molar refractivity (Wildman–Crippen MR) is 61.2 cm³/mol. The largest absolute Gasteiger partial charge is 0.452 e. The number of alkyl halides is 3. The van der Waals surface area contributed by atoms with E-state index < -0.39 is 43.0 Å². The highest BCUT2D eigenvalue weighted by Gasteiger charge is 2.40. The number of ether oxygens (including phenoxy) is 1. The summed E-state index contributed by atoms with van der Waals surface area (Å²) in [6, 6.07) is -0.846. The molecule has 2 heterocycles. The molecule has 1 saturated heterocycles. The molecule has 0 saturated carbocycles. The minimum absolute atomic E-state index is 0.0929. The number of nitrogens with one attached hydrogen (secondary N) is 1. The van der Waals surface area contributed by atoms with Gasteiger partial charge in [0.15, 0.2) is 0 Å². The maximum absolute atomic E-state index is 12.3. The fraction of sp³-hybridized carbons (Fsp3) is 0.778. The molecule has 20 heavy (non-hydrogen) atoms. The first-order chi connectivity index (χ1) is 9.32. The van der Waals surface area contributed by atoms with Crippen LogP contribution in [0.25, 0.3) is 0 Å². The molecule has 0 radical (unpaired) electrons. The van der Waals surface area contributed by atoms with E-state index in [0.29, 0.717) is 11.5 Å². The van der Waals surface area contributed by atoms with E-state index in [9.17, 15) is 23.4 Å². The van der Waals surface area contributed by atoms with Crippen LogP contribution in [-0.2, 0) is 10.9 Å². The van der Waals surface area contributed by atoms with Gasteiger partial charge in [0, 0.05) is 11.5 Å². The van der Waals surface area contributed by atoms with Crippen LogP contribution in [0.5, 0.6) is 0 Å². The van der Waals surface area contributed by atoms with Crippen LogP contribution in [0.15, 0.2) is 0 Å². The average molecular weight is 315 g/mol. The lowest BCUT2D eigenvalue weighted by atomic mass is 9.99. The molecule has 0 unspecified atom stereocenters. The predicted octanol–water partition coefficient (Wildman–Crippen LogP) is -0.550. The van der Waals surface area contributed by atoms with Gasteiger partial charge in [-0.2, -0.15) is 22.5 Å². The third kappa shape index (κ3) is 3.17. The molecule has 0 aromatic carbocycles. The SMILES string of the molecule is OC[C@H]1OC[C@H](Nc2nc(C(F)(F)F)ns2)[C@@H](O)[C@H]1O. The Morgan fingerprint density at radius 2 is 2.05 bits per heavy atom. The van der Waals surface area contributed by atoms with Crippen LogP contribution in [0.1, 0.15) is 5.82 Å². The van der Waals surface area contributed by atoms with Gasteiger partial charge in [-0.15, -0.1) is 0 Å². The van der Waals surface area contributed by atoms with E-state index in [1.807, 2.05) is 0 Å². The number of halogens is 3. The summed E-state index contributed by atoms with van der Waals surface area (Å²) in [5.74, 6) is -1.27. The molecule has 0 spiro atoms. The molecule has 1 aromatic rings. The monoisotopic (exact) mass is 315 g/mol. The molecule has 11 heteroatoms. The summed E-state index contributed by atoms with van der Waals surface area (Å²) in [7, 11) is 0. The van der Waals surface area contributed by atoms with Crippen molar-refractivity contribution >= 4 is 16.7 Å². The standard InChI is InChI=1S/C9H12F3N3O4S/c10-9(11,12)7-14-8(20-15-7)13-3-2-19-4(1-16)6(18)5(3)17/h3-6,16-18H,1-2H2,(H,13,14,15)/t3-,4+,5+,6-/m0/s1. The van der Waals surface area contributed by atoms with Crippen LogP contribution in [0.2, 0.25) is 0 Å². The van der Waals surface area contributed by atoms with Gasteiger partial charge in [-0.25, -0.2) is 0 Å². The fourth-order valence-electron chi connectivity index (χ4n) is 1.73. The van der Waals surface area contributed by atoms with E-state index in [1.165, 1.54) is 0 Å². The fourth-order valence-corrected chi connectivity index (χ4v) is 2.37. The Morgan fingerprint density at radius 1 is 1.35 bits per heavy atom. The van der Waals surface area contributed by atoms with Crippen molar-refractivity contribution in [1.82, 2.24) is 9.36 Å². The maximum atomic E-state index is 12.3. The van der Waals surface area contributed by atoms with E-state index in [0.717, 1.165) is 0 Å². The second kappa shape index (κ2) is 5.77. The van der Waals surface area contributed by atoms with Crippen LogP contribution in [-0.4, -0.2) is 62.2 Å². The summed E-state index contributed by atoms with van der Waals surface area (Å²) in [6.45, 7) is -0.563. The summed E-state index contributed by atoms with van der Waals surface area (Å²) in [5.41, 5.74) is 0. The van der Waals surface area contributed by atoms with Gasteiger partial charge >= 0.3 is 6.18 Å². The zero-order chi connectivity index (χ0) is 14.9. The van der Waals surface area contributed by atoms with Gasteiger partial charge in [0.25, 0.3) is 0 Å². The van der Waals surface area contributed by atoms with Crippen molar-refractivity contribution in [2.45, 2.75) is 30.5 Å². The minimum Gasteiger partial charge on any atom is -0.394 e. The Labute approximate surface area is 115 Å². The van der Waals surface area contributed by atoms with Crippen LogP contribution >= 0.6 is 11.5 Å². The van der Waals surface area contributed by atoms with Gasteiger partial charge in [0.05, 0.1) is 19.3 Å². The van der Waals surface area contributed by atoms with Crippen LogP contribution in [0.3, 0.4) is 0 Å². The summed E-state index contributed by atoms with van der Waals surface area (Å²) >= 11 is 0.490. The van der Waals surface area contributed by atoms with E-state index in [4.69, 9.17) is 9.84 Å². The summed E-state index contributed by atoms with van der Waals surface area (Å²) in [5, 5.41) is 30.7. The van der Waals surface area contributed by atoms with Crippen LogP contribution < -0.4 is 5.32 Å². The average Bonchev–Trinajstić information content (AvgIpc) is 2.84. The van der Waals surface area contributed by atoms with Gasteiger partial charge in [-0.3, -0.25) is 0 Å². The number of aliphatic hydroxyl groups is 3. The van der Waals surface area contributed by atoms with Gasteiger partial charge in [-0.1, -0.05) is 0 Å². The smallest absolute Gasteiger partial charge is 0.394 e. The van der Waals surface area contributed by atoms with Crippen molar-refractivity contribution < 1.29 is 33.2 Å². The van der Waals surface area contributed by atoms with Crippen molar-refractivity contribution in [2.24, 2.45) is 0 Å². The lowest BCUT2D eigenvalue weighted by molar-refractivity contribution is -0.152. The number of nitrogens with zero attached hydrogens (tertiary/aromatic N) is 2. The van der Waals surface area contributed by atoms with Gasteiger partial charge < -0.3 is 25.4 Å². The number of hydrogen-bond acceptors (Lipinski definition) is 8. The topological polar surface area (TPSA) is 108 Å². The molecule has 114 valence electrons. The third-order valence-electron chi connectivity index (χ3n) is 2.80.